The van der Waals surface area contributed by atoms with Gasteiger partial charge in [-0.25, -0.2) is 9.69 Å². The Morgan fingerprint density at radius 3 is 0.902 bits per heavy atom. The Morgan fingerprint density at radius 1 is 0.329 bits per heavy atom. The van der Waals surface area contributed by atoms with Gasteiger partial charge in [0.2, 0.25) is 0 Å². The lowest BCUT2D eigenvalue weighted by atomic mass is 9.92. The second-order valence-electron chi connectivity index (χ2n) is 23.0. The van der Waals surface area contributed by atoms with Crippen LogP contribution in [0.3, 0.4) is 0 Å². The lowest BCUT2D eigenvalue weighted by molar-refractivity contribution is -0.137. The summed E-state index contributed by atoms with van der Waals surface area (Å²) in [6.07, 6.45) is -4.85. The topological polar surface area (TPSA) is 18.6 Å². The van der Waals surface area contributed by atoms with Crippen LogP contribution in [0.15, 0.2) is 152 Å². The van der Waals surface area contributed by atoms with Gasteiger partial charge < -0.3 is 9.13 Å². The Bertz CT molecular complexity index is 4510. The molecule has 0 fully saturated rings. The van der Waals surface area contributed by atoms with E-state index in [0.717, 1.165) is 150 Å². The number of rotatable bonds is 7. The van der Waals surface area contributed by atoms with Crippen LogP contribution < -0.4 is 0 Å². The summed E-state index contributed by atoms with van der Waals surface area (Å²) < 4.78 is 51.4. The molecule has 82 heavy (non-hydrogen) atoms. The van der Waals surface area contributed by atoms with Gasteiger partial charge in [-0.05, 0) is 220 Å². The molecule has 10 aromatic carbocycles. The predicted molar refractivity (Wildman–Crippen MR) is 337 cm³/mol. The average molecular weight is 1080 g/mol. The maximum absolute atomic E-state index is 15.6. The van der Waals surface area contributed by atoms with E-state index in [1.165, 1.54) is 23.3 Å². The SMILES string of the molecule is [C-]#[N+]c1cc(-n2c3cc(-c4c(C)cc(C)cc4C)ccc3c3ccc(-c4c(C)cc(C)cc4C)cc32)c(-n2c3cc(-c4c(C)cc(C)cc4C)ccc3c3ccc(-c4c(C)cc(C)cc4C)cc32)cc1-c1c([N+]#[C-])cccc1C(F)(F)F. The molecule has 7 heteroatoms. The van der Waals surface area contributed by atoms with Crippen LogP contribution >= 0.6 is 0 Å². The first-order valence-corrected chi connectivity index (χ1v) is 27.8. The van der Waals surface area contributed by atoms with Crippen molar-refractivity contribution >= 4 is 55.0 Å². The van der Waals surface area contributed by atoms with Gasteiger partial charge in [0, 0.05) is 21.5 Å². The summed E-state index contributed by atoms with van der Waals surface area (Å²) in [6, 6.07) is 51.2. The first-order chi connectivity index (χ1) is 39.1. The largest absolute Gasteiger partial charge is 0.415 e. The van der Waals surface area contributed by atoms with Crippen LogP contribution in [0, 0.1) is 96.2 Å². The summed E-state index contributed by atoms with van der Waals surface area (Å²) in [5, 5.41) is 3.85. The Balaban J connectivity index is 1.32. The third-order valence-corrected chi connectivity index (χ3v) is 16.8. The van der Waals surface area contributed by atoms with E-state index in [-0.39, 0.29) is 22.5 Å². The highest BCUT2D eigenvalue weighted by Gasteiger charge is 2.36. The molecule has 12 aromatic rings. The van der Waals surface area contributed by atoms with Crippen molar-refractivity contribution in [3.63, 3.8) is 0 Å². The summed E-state index contributed by atoms with van der Waals surface area (Å²) >= 11 is 0. The van der Waals surface area contributed by atoms with Crippen molar-refractivity contribution < 1.29 is 13.2 Å². The zero-order valence-electron chi connectivity index (χ0n) is 48.4. The van der Waals surface area contributed by atoms with E-state index in [1.807, 2.05) is 0 Å². The van der Waals surface area contributed by atoms with Gasteiger partial charge in [0.05, 0.1) is 52.1 Å². The minimum Gasteiger partial charge on any atom is -0.308 e. The molecule has 2 aromatic heterocycles. The van der Waals surface area contributed by atoms with Gasteiger partial charge in [-0.1, -0.05) is 138 Å². The number of hydrogen-bond donors (Lipinski definition) is 0. The molecule has 0 aliphatic heterocycles. The molecule has 0 amide bonds. The first-order valence-electron chi connectivity index (χ1n) is 27.8. The third kappa shape index (κ3) is 8.66. The van der Waals surface area contributed by atoms with Crippen molar-refractivity contribution in [3.8, 4) is 67.0 Å². The van der Waals surface area contributed by atoms with E-state index in [9.17, 15) is 0 Å². The molecule has 0 radical (unpaired) electrons. The molecule has 0 N–H and O–H groups in total. The van der Waals surface area contributed by atoms with E-state index in [4.69, 9.17) is 13.1 Å². The fourth-order valence-electron chi connectivity index (χ4n) is 14.1. The summed E-state index contributed by atoms with van der Waals surface area (Å²) in [7, 11) is 0. The van der Waals surface area contributed by atoms with Crippen molar-refractivity contribution in [2.24, 2.45) is 0 Å². The lowest BCUT2D eigenvalue weighted by Gasteiger charge is -2.22. The standard InChI is InChI=1S/C75H61F3N4/c1-40-26-44(5)70(45(6)27-40)52-18-22-56-57-23-19-53(71-46(7)28-41(2)29-47(71)8)35-65(57)81(64(56)34-52)68-38-60(74-61(75(76,77)78)16-15-17-62(74)79-13)63(80-14)39-69(68)82-66-36-54(72-48(9)30-42(3)31-49(72)10)20-24-58(66)59-25-21-55(37-67(59)82)73-50(11)32-43(4)33-51(73)12/h15-39H,1-12H3. The Labute approximate surface area is 478 Å². The monoisotopic (exact) mass is 1070 g/mol. The smallest absolute Gasteiger partial charge is 0.308 e. The van der Waals surface area contributed by atoms with E-state index in [2.05, 4.69) is 223 Å². The number of benzene rings is 10. The summed E-state index contributed by atoms with van der Waals surface area (Å²) in [5.41, 5.74) is 25.2. The number of aromatic nitrogens is 2. The molecular formula is C75H61F3N4. The molecule has 0 saturated carbocycles. The molecule has 0 spiro atoms. The van der Waals surface area contributed by atoms with E-state index < -0.39 is 11.7 Å². The zero-order valence-corrected chi connectivity index (χ0v) is 48.4. The molecule has 0 unspecified atom stereocenters. The van der Waals surface area contributed by atoms with E-state index in [1.54, 1.807) is 12.1 Å². The average Bonchev–Trinajstić information content (AvgIpc) is 3.51. The third-order valence-electron chi connectivity index (χ3n) is 16.8. The molecule has 0 saturated heterocycles. The van der Waals surface area contributed by atoms with Gasteiger partial charge in [0.15, 0.2) is 11.4 Å². The van der Waals surface area contributed by atoms with Crippen LogP contribution in [-0.4, -0.2) is 9.13 Å². The maximum atomic E-state index is 15.6. The van der Waals surface area contributed by atoms with Gasteiger partial charge >= 0.3 is 6.18 Å². The normalized spacial score (nSPS) is 11.8. The molecule has 12 rings (SSSR count). The second-order valence-corrected chi connectivity index (χ2v) is 23.0. The minimum atomic E-state index is -4.85. The number of aryl methyl sites for hydroxylation is 12. The second kappa shape index (κ2) is 19.7. The Hall–Kier alpha value is -9.43. The van der Waals surface area contributed by atoms with Crippen molar-refractivity contribution in [2.75, 3.05) is 0 Å². The van der Waals surface area contributed by atoms with Crippen LogP contribution in [0.25, 0.3) is 120 Å². The van der Waals surface area contributed by atoms with Crippen molar-refractivity contribution in [1.29, 1.82) is 0 Å². The van der Waals surface area contributed by atoms with Crippen LogP contribution in [0.4, 0.5) is 24.5 Å². The van der Waals surface area contributed by atoms with Crippen molar-refractivity contribution in [2.45, 2.75) is 89.3 Å². The fourth-order valence-corrected chi connectivity index (χ4v) is 14.1. The number of halogens is 3. The van der Waals surface area contributed by atoms with Crippen molar-refractivity contribution in [1.82, 2.24) is 9.13 Å². The lowest BCUT2D eigenvalue weighted by Crippen LogP contribution is -2.08. The number of nitrogens with zero attached hydrogens (tertiary/aromatic N) is 4. The number of hydrogen-bond acceptors (Lipinski definition) is 0. The molecule has 2 heterocycles. The Morgan fingerprint density at radius 2 is 0.622 bits per heavy atom. The first kappa shape index (κ1) is 53.2. The molecule has 0 aliphatic carbocycles. The molecule has 0 aliphatic rings. The van der Waals surface area contributed by atoms with E-state index >= 15 is 13.2 Å². The van der Waals surface area contributed by atoms with Crippen LogP contribution in [0.1, 0.15) is 72.3 Å². The van der Waals surface area contributed by atoms with Crippen LogP contribution in [0.5, 0.6) is 0 Å². The highest BCUT2D eigenvalue weighted by molar-refractivity contribution is 6.14. The van der Waals surface area contributed by atoms with Crippen LogP contribution in [0.2, 0.25) is 0 Å². The van der Waals surface area contributed by atoms with Crippen LogP contribution in [-0.2, 0) is 6.18 Å². The highest BCUT2D eigenvalue weighted by Crippen LogP contribution is 2.51. The minimum absolute atomic E-state index is 0.0166. The molecule has 4 nitrogen and oxygen atoms in total. The fraction of sp³-hybridized carbons (Fsp3) is 0.173. The van der Waals surface area contributed by atoms with Crippen molar-refractivity contribution in [3.05, 3.63) is 247 Å². The molecule has 402 valence electrons. The highest BCUT2D eigenvalue weighted by atomic mass is 19.4. The summed E-state index contributed by atoms with van der Waals surface area (Å²) in [4.78, 5) is 7.86. The quantitative estimate of drug-likeness (QED) is 0.142. The molecule has 0 atom stereocenters. The predicted octanol–water partition coefficient (Wildman–Crippen LogP) is 22.0. The van der Waals surface area contributed by atoms with Gasteiger partial charge in [0.25, 0.3) is 0 Å². The maximum Gasteiger partial charge on any atom is 0.415 e. The zero-order chi connectivity index (χ0) is 58.0. The van der Waals surface area contributed by atoms with Gasteiger partial charge in [-0.2, -0.15) is 13.2 Å². The number of alkyl halides is 3. The number of fused-ring (bicyclic) bond motifs is 6. The Kier molecular flexibility index (Phi) is 12.8. The summed E-state index contributed by atoms with van der Waals surface area (Å²) in [5.74, 6) is 0. The van der Waals surface area contributed by atoms with Gasteiger partial charge in [-0.15, -0.1) is 0 Å². The van der Waals surface area contributed by atoms with Gasteiger partial charge in [-0.3, -0.25) is 0 Å². The molecule has 0 bridgehead atoms. The van der Waals surface area contributed by atoms with E-state index in [0.29, 0.717) is 11.4 Å². The molecular weight excluding hydrogens is 1010 g/mol. The van der Waals surface area contributed by atoms with Gasteiger partial charge in [0.1, 0.15) is 0 Å². The summed E-state index contributed by atoms with van der Waals surface area (Å²) in [6.45, 7) is 42.9.